The molecule has 2 rings (SSSR count). The predicted octanol–water partition coefficient (Wildman–Crippen LogP) is 3.16. The van der Waals surface area contributed by atoms with Gasteiger partial charge < -0.3 is 5.73 Å². The third kappa shape index (κ3) is 3.17. The molecule has 100 valence electrons. The Balaban J connectivity index is 2.25. The molecule has 0 aromatic heterocycles. The average molecular weight is 281 g/mol. The summed E-state index contributed by atoms with van der Waals surface area (Å²) < 4.78 is 38.6. The van der Waals surface area contributed by atoms with E-state index in [1.54, 1.807) is 25.1 Å². The van der Waals surface area contributed by atoms with E-state index < -0.39 is 22.4 Å². The van der Waals surface area contributed by atoms with Crippen molar-refractivity contribution in [2.45, 2.75) is 17.6 Å². The fourth-order valence-corrected chi connectivity index (χ4v) is 2.87. The van der Waals surface area contributed by atoms with E-state index in [0.717, 1.165) is 23.8 Å². The van der Waals surface area contributed by atoms with Gasteiger partial charge in [0.25, 0.3) is 0 Å². The second-order valence-electron chi connectivity index (χ2n) is 4.24. The number of benzene rings is 2. The fourth-order valence-electron chi connectivity index (χ4n) is 1.67. The van der Waals surface area contributed by atoms with Gasteiger partial charge in [-0.3, -0.25) is 4.21 Å². The molecule has 0 aliphatic carbocycles. The summed E-state index contributed by atoms with van der Waals surface area (Å²) in [5, 5.41) is 0. The molecule has 0 saturated heterocycles. The molecular weight excluding hydrogens is 268 g/mol. The minimum atomic E-state index is -1.43. The highest BCUT2D eigenvalue weighted by molar-refractivity contribution is 7.84. The molecule has 2 aromatic carbocycles. The summed E-state index contributed by atoms with van der Waals surface area (Å²) in [6.45, 7) is 1.80. The smallest absolute Gasteiger partial charge is 0.127 e. The summed E-state index contributed by atoms with van der Waals surface area (Å²) >= 11 is 0. The summed E-state index contributed by atoms with van der Waals surface area (Å²) in [4.78, 5) is 0.551. The summed E-state index contributed by atoms with van der Waals surface area (Å²) in [6, 6.07) is 8.13. The lowest BCUT2D eigenvalue weighted by Gasteiger charge is -2.06. The minimum absolute atomic E-state index is 0.0625. The van der Waals surface area contributed by atoms with E-state index in [-0.39, 0.29) is 11.3 Å². The highest BCUT2D eigenvalue weighted by Crippen LogP contribution is 2.19. The Hall–Kier alpha value is -1.75. The highest BCUT2D eigenvalue weighted by atomic mass is 32.2. The Morgan fingerprint density at radius 2 is 1.89 bits per heavy atom. The molecule has 5 heteroatoms. The summed E-state index contributed by atoms with van der Waals surface area (Å²) in [7, 11) is -1.43. The second kappa shape index (κ2) is 5.48. The molecule has 0 radical (unpaired) electrons. The maximum Gasteiger partial charge on any atom is 0.127 e. The van der Waals surface area contributed by atoms with Crippen LogP contribution in [0.3, 0.4) is 0 Å². The van der Waals surface area contributed by atoms with Crippen LogP contribution < -0.4 is 5.73 Å². The van der Waals surface area contributed by atoms with Gasteiger partial charge in [-0.1, -0.05) is 0 Å². The number of hydrogen-bond donors (Lipinski definition) is 1. The van der Waals surface area contributed by atoms with Crippen molar-refractivity contribution in [3.8, 4) is 0 Å². The van der Waals surface area contributed by atoms with E-state index >= 15 is 0 Å². The maximum atomic E-state index is 13.5. The number of halogens is 2. The van der Waals surface area contributed by atoms with Crippen LogP contribution in [0.5, 0.6) is 0 Å². The van der Waals surface area contributed by atoms with E-state index in [4.69, 9.17) is 5.73 Å². The summed E-state index contributed by atoms with van der Waals surface area (Å²) in [5.41, 5.74) is 7.20. The van der Waals surface area contributed by atoms with Gasteiger partial charge in [0.1, 0.15) is 11.6 Å². The van der Waals surface area contributed by atoms with Crippen molar-refractivity contribution in [1.82, 2.24) is 0 Å². The van der Waals surface area contributed by atoms with Crippen molar-refractivity contribution in [3.63, 3.8) is 0 Å². The Bertz CT molecular complexity index is 643. The molecule has 0 amide bonds. The van der Waals surface area contributed by atoms with E-state index in [1.807, 2.05) is 0 Å². The van der Waals surface area contributed by atoms with E-state index in [0.29, 0.717) is 10.6 Å². The Labute approximate surface area is 112 Å². The van der Waals surface area contributed by atoms with Crippen LogP contribution in [0.1, 0.15) is 11.1 Å². The zero-order chi connectivity index (χ0) is 14.0. The molecular formula is C14H13F2NOS. The van der Waals surface area contributed by atoms with Crippen LogP contribution in [0.2, 0.25) is 0 Å². The van der Waals surface area contributed by atoms with Gasteiger partial charge in [0.2, 0.25) is 0 Å². The first-order valence-electron chi connectivity index (χ1n) is 5.66. The van der Waals surface area contributed by atoms with E-state index in [1.165, 1.54) is 0 Å². The molecule has 0 spiro atoms. The van der Waals surface area contributed by atoms with Crippen LogP contribution in [0.25, 0.3) is 0 Å². The lowest BCUT2D eigenvalue weighted by atomic mass is 10.2. The molecule has 2 aromatic rings. The first-order valence-corrected chi connectivity index (χ1v) is 6.97. The summed E-state index contributed by atoms with van der Waals surface area (Å²) in [6.07, 6.45) is 0. The van der Waals surface area contributed by atoms with Gasteiger partial charge in [0, 0.05) is 16.1 Å². The third-order valence-corrected chi connectivity index (χ3v) is 4.15. The molecule has 19 heavy (non-hydrogen) atoms. The molecule has 0 fully saturated rings. The van der Waals surface area contributed by atoms with Crippen LogP contribution in [0, 0.1) is 18.6 Å². The SMILES string of the molecule is Cc1cc(S(=O)Cc2cc(F)ccc2F)ccc1N. The van der Waals surface area contributed by atoms with Crippen molar-refractivity contribution < 1.29 is 13.0 Å². The highest BCUT2D eigenvalue weighted by Gasteiger charge is 2.11. The molecule has 1 atom stereocenters. The molecule has 0 heterocycles. The molecule has 0 aliphatic heterocycles. The third-order valence-electron chi connectivity index (χ3n) is 2.80. The largest absolute Gasteiger partial charge is 0.399 e. The van der Waals surface area contributed by atoms with Gasteiger partial charge in [-0.25, -0.2) is 8.78 Å². The first-order chi connectivity index (χ1) is 8.97. The van der Waals surface area contributed by atoms with E-state index in [9.17, 15) is 13.0 Å². The number of hydrogen-bond acceptors (Lipinski definition) is 2. The first kappa shape index (κ1) is 13.7. The Morgan fingerprint density at radius 3 is 2.58 bits per heavy atom. The zero-order valence-electron chi connectivity index (χ0n) is 10.3. The van der Waals surface area contributed by atoms with Gasteiger partial charge in [-0.15, -0.1) is 0 Å². The van der Waals surface area contributed by atoms with Crippen LogP contribution >= 0.6 is 0 Å². The van der Waals surface area contributed by atoms with Crippen molar-refractivity contribution in [2.24, 2.45) is 0 Å². The number of aryl methyl sites for hydroxylation is 1. The Kier molecular flexibility index (Phi) is 3.95. The van der Waals surface area contributed by atoms with Gasteiger partial charge in [0.15, 0.2) is 0 Å². The topological polar surface area (TPSA) is 43.1 Å². The zero-order valence-corrected chi connectivity index (χ0v) is 11.1. The van der Waals surface area contributed by atoms with Gasteiger partial charge in [-0.2, -0.15) is 0 Å². The van der Waals surface area contributed by atoms with Crippen molar-refractivity contribution in [3.05, 3.63) is 59.2 Å². The lowest BCUT2D eigenvalue weighted by molar-refractivity contribution is 0.590. The standard InChI is InChI=1S/C14H13F2NOS/c1-9-6-12(3-5-14(9)17)19(18)8-10-7-11(15)2-4-13(10)16/h2-7H,8,17H2,1H3. The van der Waals surface area contributed by atoms with Crippen LogP contribution in [-0.4, -0.2) is 4.21 Å². The lowest BCUT2D eigenvalue weighted by Crippen LogP contribution is -2.01. The average Bonchev–Trinajstić information content (AvgIpc) is 2.37. The maximum absolute atomic E-state index is 13.5. The van der Waals surface area contributed by atoms with Gasteiger partial charge in [0.05, 0.1) is 16.6 Å². The normalized spacial score (nSPS) is 12.4. The summed E-state index contributed by atoms with van der Waals surface area (Å²) in [5.74, 6) is -1.16. The van der Waals surface area contributed by atoms with Gasteiger partial charge >= 0.3 is 0 Å². The van der Waals surface area contributed by atoms with Gasteiger partial charge in [-0.05, 0) is 48.9 Å². The van der Waals surface area contributed by atoms with E-state index in [2.05, 4.69) is 0 Å². The van der Waals surface area contributed by atoms with Crippen molar-refractivity contribution in [1.29, 1.82) is 0 Å². The number of nitrogen functional groups attached to an aromatic ring is 1. The van der Waals surface area contributed by atoms with Crippen molar-refractivity contribution in [2.75, 3.05) is 5.73 Å². The molecule has 2 nitrogen and oxygen atoms in total. The van der Waals surface area contributed by atoms with Crippen LogP contribution in [0.15, 0.2) is 41.3 Å². The Morgan fingerprint density at radius 1 is 1.16 bits per heavy atom. The number of anilines is 1. The molecule has 0 saturated carbocycles. The van der Waals surface area contributed by atoms with Crippen molar-refractivity contribution >= 4 is 16.5 Å². The molecule has 0 bridgehead atoms. The predicted molar refractivity (Wildman–Crippen MR) is 72.1 cm³/mol. The molecule has 1 unspecified atom stereocenters. The molecule has 2 N–H and O–H groups in total. The fraction of sp³-hybridized carbons (Fsp3) is 0.143. The monoisotopic (exact) mass is 281 g/mol. The second-order valence-corrected chi connectivity index (χ2v) is 5.70. The minimum Gasteiger partial charge on any atom is -0.399 e. The van der Waals surface area contributed by atoms with Crippen LogP contribution in [-0.2, 0) is 16.6 Å². The number of rotatable bonds is 3. The molecule has 0 aliphatic rings. The quantitative estimate of drug-likeness (QED) is 0.878. The number of nitrogens with two attached hydrogens (primary N) is 1. The van der Waals surface area contributed by atoms with Crippen LogP contribution in [0.4, 0.5) is 14.5 Å².